The minimum atomic E-state index is -3.26. The highest BCUT2D eigenvalue weighted by Gasteiger charge is 2.40. The van der Waals surface area contributed by atoms with Crippen molar-refractivity contribution in [1.29, 1.82) is 0 Å². The number of alkyl halides is 1. The van der Waals surface area contributed by atoms with Crippen molar-refractivity contribution in [2.24, 2.45) is 0 Å². The second-order valence-corrected chi connectivity index (χ2v) is 9.29. The molecule has 1 amide bonds. The highest BCUT2D eigenvalue weighted by Crippen LogP contribution is 2.38. The van der Waals surface area contributed by atoms with Crippen molar-refractivity contribution < 1.29 is 27.4 Å². The van der Waals surface area contributed by atoms with Crippen molar-refractivity contribution in [3.8, 4) is 5.75 Å². The van der Waals surface area contributed by atoms with E-state index in [1.165, 1.54) is 28.4 Å². The van der Waals surface area contributed by atoms with Crippen LogP contribution in [0.1, 0.15) is 23.5 Å². The zero-order valence-electron chi connectivity index (χ0n) is 14.6. The Morgan fingerprint density at radius 1 is 1.33 bits per heavy atom. The molecule has 10 heteroatoms. The van der Waals surface area contributed by atoms with Crippen molar-refractivity contribution in [3.63, 3.8) is 0 Å². The van der Waals surface area contributed by atoms with Gasteiger partial charge in [-0.3, -0.25) is 0 Å². The number of sulfone groups is 1. The molecule has 1 aliphatic rings. The minimum absolute atomic E-state index is 0.0834. The summed E-state index contributed by atoms with van der Waals surface area (Å²) in [5.74, 6) is 0.488. The Hall–Kier alpha value is -2.20. The second kappa shape index (κ2) is 7.43. The fraction of sp³-hybridized carbons (Fsp3) is 0.412. The third kappa shape index (κ3) is 4.56. The van der Waals surface area contributed by atoms with E-state index in [0.29, 0.717) is 16.5 Å². The number of rotatable bonds is 5. The number of hydrogen-bond acceptors (Lipinski definition) is 6. The molecule has 1 saturated heterocycles. The fourth-order valence-corrected chi connectivity index (χ4v) is 4.37. The van der Waals surface area contributed by atoms with Crippen molar-refractivity contribution >= 4 is 27.3 Å². The van der Waals surface area contributed by atoms with Crippen LogP contribution in [0.5, 0.6) is 5.75 Å². The summed E-state index contributed by atoms with van der Waals surface area (Å²) in [4.78, 5) is 16.7. The van der Waals surface area contributed by atoms with Gasteiger partial charge in [-0.15, -0.1) is 11.3 Å². The van der Waals surface area contributed by atoms with Crippen LogP contribution in [-0.4, -0.2) is 48.8 Å². The van der Waals surface area contributed by atoms with Gasteiger partial charge in [0.25, 0.3) is 0 Å². The van der Waals surface area contributed by atoms with Crippen LogP contribution in [0.4, 0.5) is 9.18 Å². The van der Waals surface area contributed by atoms with Crippen LogP contribution in [0.3, 0.4) is 0 Å². The van der Waals surface area contributed by atoms with Crippen molar-refractivity contribution in [3.05, 3.63) is 40.3 Å². The molecule has 27 heavy (non-hydrogen) atoms. The number of aromatic nitrogens is 1. The summed E-state index contributed by atoms with van der Waals surface area (Å²) in [5, 5.41) is 11.0. The number of carboxylic acid groups (broad SMARTS) is 1. The Bertz CT molecular complexity index is 919. The molecule has 146 valence electrons. The molecule has 3 rings (SSSR count). The molecule has 0 saturated carbocycles. The summed E-state index contributed by atoms with van der Waals surface area (Å²) >= 11 is 1.19. The topological polar surface area (TPSA) is 96.8 Å². The zero-order valence-corrected chi connectivity index (χ0v) is 16.2. The molecule has 2 heterocycles. The lowest BCUT2D eigenvalue weighted by Gasteiger charge is -2.33. The van der Waals surface area contributed by atoms with Crippen LogP contribution in [0, 0.1) is 0 Å². The van der Waals surface area contributed by atoms with E-state index in [1.54, 1.807) is 17.5 Å². The van der Waals surface area contributed by atoms with Gasteiger partial charge in [0.05, 0.1) is 10.6 Å². The first-order valence-electron chi connectivity index (χ1n) is 8.22. The summed E-state index contributed by atoms with van der Waals surface area (Å²) in [6, 6.07) is 6.04. The van der Waals surface area contributed by atoms with Gasteiger partial charge >= 0.3 is 6.09 Å². The van der Waals surface area contributed by atoms with Gasteiger partial charge in [0.2, 0.25) is 0 Å². The lowest BCUT2D eigenvalue weighted by atomic mass is 9.94. The van der Waals surface area contributed by atoms with E-state index in [1.807, 2.05) is 0 Å². The molecular formula is C17H19FN2O5S2. The number of nitrogens with zero attached hydrogens (tertiary/aromatic N) is 2. The van der Waals surface area contributed by atoms with E-state index < -0.39 is 21.6 Å². The summed E-state index contributed by atoms with van der Waals surface area (Å²) < 4.78 is 43.6. The molecule has 0 aliphatic carbocycles. The molecule has 1 fully saturated rings. The second-order valence-electron chi connectivity index (χ2n) is 6.41. The predicted octanol–water partition coefficient (Wildman–Crippen LogP) is 3.06. The Labute approximate surface area is 160 Å². The molecule has 0 spiro atoms. The predicted molar refractivity (Wildman–Crippen MR) is 97.6 cm³/mol. The van der Waals surface area contributed by atoms with E-state index in [-0.39, 0.29) is 37.4 Å². The number of benzene rings is 1. The van der Waals surface area contributed by atoms with Crippen LogP contribution in [-0.2, 0) is 22.1 Å². The number of carbonyl (C=O) groups is 1. The Balaban J connectivity index is 1.61. The average molecular weight is 414 g/mol. The van der Waals surface area contributed by atoms with Crippen LogP contribution in [0.15, 0.2) is 34.5 Å². The number of piperidine rings is 1. The molecule has 1 aliphatic heterocycles. The Kier molecular flexibility index (Phi) is 5.38. The van der Waals surface area contributed by atoms with Crippen molar-refractivity contribution in [2.75, 3.05) is 19.3 Å². The van der Waals surface area contributed by atoms with Gasteiger partial charge in [-0.1, -0.05) is 0 Å². The van der Waals surface area contributed by atoms with E-state index >= 15 is 4.39 Å². The number of thiazole rings is 1. The van der Waals surface area contributed by atoms with E-state index in [4.69, 9.17) is 9.84 Å². The molecular weight excluding hydrogens is 395 g/mol. The van der Waals surface area contributed by atoms with Crippen LogP contribution in [0.2, 0.25) is 0 Å². The number of likely N-dealkylation sites (tertiary alicyclic amines) is 1. The summed E-state index contributed by atoms with van der Waals surface area (Å²) in [6.07, 6.45) is 0.264. The highest BCUT2D eigenvalue weighted by atomic mass is 32.2. The standard InChI is InChI=1S/C17H19FN2O5S2/c1-27(23,24)14-4-2-13(3-5-14)25-10-12-11-26-15(19-12)17(18)6-8-20(9-7-17)16(21)22/h2-5,11H,6-10H2,1H3,(H,21,22). The molecule has 2 aromatic rings. The largest absolute Gasteiger partial charge is 0.487 e. The quantitative estimate of drug-likeness (QED) is 0.808. The molecule has 0 bridgehead atoms. The maximum absolute atomic E-state index is 15.1. The number of amides is 1. The van der Waals surface area contributed by atoms with Gasteiger partial charge in [-0.2, -0.15) is 0 Å². The van der Waals surface area contributed by atoms with Crippen LogP contribution >= 0.6 is 11.3 Å². The lowest BCUT2D eigenvalue weighted by Crippen LogP contribution is -2.42. The molecule has 0 atom stereocenters. The first-order chi connectivity index (χ1) is 12.7. The minimum Gasteiger partial charge on any atom is -0.487 e. The third-order valence-electron chi connectivity index (χ3n) is 4.40. The maximum atomic E-state index is 15.1. The highest BCUT2D eigenvalue weighted by molar-refractivity contribution is 7.90. The monoisotopic (exact) mass is 414 g/mol. The number of hydrogen-bond donors (Lipinski definition) is 1. The summed E-state index contributed by atoms with van der Waals surface area (Å²) in [7, 11) is -3.26. The average Bonchev–Trinajstić information content (AvgIpc) is 3.10. The number of halogens is 1. The lowest BCUT2D eigenvalue weighted by molar-refractivity contribution is 0.0548. The van der Waals surface area contributed by atoms with Gasteiger partial charge < -0.3 is 14.7 Å². The van der Waals surface area contributed by atoms with Gasteiger partial charge in [0, 0.05) is 37.6 Å². The van der Waals surface area contributed by atoms with Crippen LogP contribution in [0.25, 0.3) is 0 Å². The Morgan fingerprint density at radius 3 is 2.52 bits per heavy atom. The molecule has 1 aromatic carbocycles. The van der Waals surface area contributed by atoms with Gasteiger partial charge in [-0.05, 0) is 24.3 Å². The molecule has 0 radical (unpaired) electrons. The smallest absolute Gasteiger partial charge is 0.407 e. The van der Waals surface area contributed by atoms with Crippen LogP contribution < -0.4 is 4.74 Å². The molecule has 1 N–H and O–H groups in total. The van der Waals surface area contributed by atoms with E-state index in [9.17, 15) is 13.2 Å². The maximum Gasteiger partial charge on any atom is 0.407 e. The first-order valence-corrected chi connectivity index (χ1v) is 11.0. The normalized spacial score (nSPS) is 16.9. The SMILES string of the molecule is CS(=O)(=O)c1ccc(OCc2csc(C3(F)CCN(C(=O)O)CC3)n2)cc1. The molecule has 7 nitrogen and oxygen atoms in total. The summed E-state index contributed by atoms with van der Waals surface area (Å²) in [5.41, 5.74) is -1.05. The molecule has 0 unspecified atom stereocenters. The van der Waals surface area contributed by atoms with Crippen molar-refractivity contribution in [2.45, 2.75) is 30.0 Å². The number of ether oxygens (including phenoxy) is 1. The van der Waals surface area contributed by atoms with Gasteiger partial charge in [0.1, 0.15) is 17.4 Å². The van der Waals surface area contributed by atoms with Gasteiger partial charge in [0.15, 0.2) is 15.5 Å². The van der Waals surface area contributed by atoms with E-state index in [0.717, 1.165) is 6.26 Å². The third-order valence-corrected chi connectivity index (χ3v) is 6.60. The van der Waals surface area contributed by atoms with Gasteiger partial charge in [-0.25, -0.2) is 22.6 Å². The van der Waals surface area contributed by atoms with E-state index in [2.05, 4.69) is 4.98 Å². The molecule has 1 aromatic heterocycles. The first kappa shape index (κ1) is 19.6. The van der Waals surface area contributed by atoms with Crippen molar-refractivity contribution in [1.82, 2.24) is 9.88 Å². The summed E-state index contributed by atoms with van der Waals surface area (Å²) in [6.45, 7) is 0.417. The Morgan fingerprint density at radius 2 is 1.96 bits per heavy atom. The zero-order chi connectivity index (χ0) is 19.7. The fourth-order valence-electron chi connectivity index (χ4n) is 2.79.